The minimum absolute atomic E-state index is 0.439. The maximum absolute atomic E-state index is 6.31. The fourth-order valence-corrected chi connectivity index (χ4v) is 3.17. The van der Waals surface area contributed by atoms with E-state index in [0.29, 0.717) is 21.8 Å². The normalized spacial score (nSPS) is 11.6. The van der Waals surface area contributed by atoms with Crippen molar-refractivity contribution < 1.29 is 4.52 Å². The number of pyridine rings is 1. The van der Waals surface area contributed by atoms with Gasteiger partial charge >= 0.3 is 0 Å². The lowest BCUT2D eigenvalue weighted by Gasteiger charge is -2.23. The summed E-state index contributed by atoms with van der Waals surface area (Å²) in [5.41, 5.74) is 1.01. The van der Waals surface area contributed by atoms with Crippen LogP contribution in [0.1, 0.15) is 25.2 Å². The van der Waals surface area contributed by atoms with E-state index in [-0.39, 0.29) is 0 Å². The second-order valence-electron chi connectivity index (χ2n) is 5.38. The molecule has 0 spiro atoms. The van der Waals surface area contributed by atoms with Gasteiger partial charge in [0.15, 0.2) is 5.82 Å². The first-order chi connectivity index (χ1) is 10.5. The summed E-state index contributed by atoms with van der Waals surface area (Å²) >= 11 is 12.6. The predicted molar refractivity (Wildman–Crippen MR) is 86.1 cm³/mol. The van der Waals surface area contributed by atoms with Crippen LogP contribution in [0.2, 0.25) is 10.0 Å². The van der Waals surface area contributed by atoms with Crippen molar-refractivity contribution in [2.45, 2.75) is 19.3 Å². The van der Waals surface area contributed by atoms with E-state index in [1.807, 2.05) is 32.0 Å². The van der Waals surface area contributed by atoms with Crippen LogP contribution < -0.4 is 0 Å². The standard InChI is InChI=1S/C16H13Cl2N3O/c1-16(2,13-11(17)4-3-5-12(13)18)15-20-14(22-21-15)10-6-8-19-9-7-10/h3-9H,1-2H3. The van der Waals surface area contributed by atoms with Gasteiger partial charge in [-0.2, -0.15) is 4.98 Å². The van der Waals surface area contributed by atoms with Gasteiger partial charge in [-0.05, 0) is 38.1 Å². The lowest BCUT2D eigenvalue weighted by molar-refractivity contribution is 0.408. The van der Waals surface area contributed by atoms with Crippen LogP contribution in [0, 0.1) is 0 Å². The lowest BCUT2D eigenvalue weighted by Crippen LogP contribution is -2.22. The van der Waals surface area contributed by atoms with Crippen LogP contribution in [-0.2, 0) is 5.41 Å². The zero-order chi connectivity index (χ0) is 15.7. The summed E-state index contributed by atoms with van der Waals surface area (Å²) in [6.07, 6.45) is 3.35. The fraction of sp³-hybridized carbons (Fsp3) is 0.188. The molecule has 22 heavy (non-hydrogen) atoms. The molecule has 0 aliphatic heterocycles. The number of benzene rings is 1. The number of halogens is 2. The van der Waals surface area contributed by atoms with Gasteiger partial charge in [-0.15, -0.1) is 0 Å². The van der Waals surface area contributed by atoms with E-state index in [0.717, 1.165) is 11.1 Å². The number of hydrogen-bond acceptors (Lipinski definition) is 4. The molecule has 0 aliphatic rings. The van der Waals surface area contributed by atoms with Gasteiger partial charge in [0.05, 0.1) is 5.41 Å². The van der Waals surface area contributed by atoms with Crippen LogP contribution in [-0.4, -0.2) is 15.1 Å². The van der Waals surface area contributed by atoms with Gasteiger partial charge in [-0.1, -0.05) is 34.4 Å². The number of rotatable bonds is 3. The first kappa shape index (κ1) is 15.0. The van der Waals surface area contributed by atoms with Gasteiger partial charge in [0.1, 0.15) is 0 Å². The Morgan fingerprint density at radius 2 is 1.64 bits per heavy atom. The van der Waals surface area contributed by atoms with Gasteiger partial charge < -0.3 is 4.52 Å². The maximum atomic E-state index is 6.31. The van der Waals surface area contributed by atoms with Crippen LogP contribution in [0.4, 0.5) is 0 Å². The Bertz CT molecular complexity index is 780. The maximum Gasteiger partial charge on any atom is 0.258 e. The molecule has 0 unspecified atom stereocenters. The molecule has 0 fully saturated rings. The molecular formula is C16H13Cl2N3O. The molecule has 0 N–H and O–H groups in total. The van der Waals surface area contributed by atoms with Crippen LogP contribution in [0.15, 0.2) is 47.2 Å². The van der Waals surface area contributed by atoms with Crippen LogP contribution in [0.3, 0.4) is 0 Å². The fourth-order valence-electron chi connectivity index (χ4n) is 2.30. The molecular weight excluding hydrogens is 321 g/mol. The minimum Gasteiger partial charge on any atom is -0.334 e. The Balaban J connectivity index is 2.05. The molecule has 6 heteroatoms. The zero-order valence-corrected chi connectivity index (χ0v) is 13.6. The molecule has 2 heterocycles. The molecule has 0 radical (unpaired) electrons. The Morgan fingerprint density at radius 3 is 2.27 bits per heavy atom. The highest BCUT2D eigenvalue weighted by atomic mass is 35.5. The second kappa shape index (κ2) is 5.71. The molecule has 1 aromatic carbocycles. The predicted octanol–water partition coefficient (Wildman–Crippen LogP) is 4.76. The Labute approximate surface area is 138 Å². The summed E-state index contributed by atoms with van der Waals surface area (Å²) in [5, 5.41) is 5.25. The van der Waals surface area contributed by atoms with Crippen molar-refractivity contribution >= 4 is 23.2 Å². The Morgan fingerprint density at radius 1 is 1.00 bits per heavy atom. The molecule has 2 aromatic heterocycles. The second-order valence-corrected chi connectivity index (χ2v) is 6.20. The number of aromatic nitrogens is 3. The average Bonchev–Trinajstić information content (AvgIpc) is 2.98. The lowest BCUT2D eigenvalue weighted by atomic mass is 9.83. The van der Waals surface area contributed by atoms with E-state index in [9.17, 15) is 0 Å². The summed E-state index contributed by atoms with van der Waals surface area (Å²) in [4.78, 5) is 8.46. The summed E-state index contributed by atoms with van der Waals surface area (Å²) in [6.45, 7) is 3.92. The van der Waals surface area contributed by atoms with E-state index >= 15 is 0 Å². The summed E-state index contributed by atoms with van der Waals surface area (Å²) < 4.78 is 5.36. The van der Waals surface area contributed by atoms with E-state index in [1.54, 1.807) is 24.5 Å². The van der Waals surface area contributed by atoms with E-state index in [1.165, 1.54) is 0 Å². The Kier molecular flexibility index (Phi) is 3.89. The highest BCUT2D eigenvalue weighted by Gasteiger charge is 2.33. The SMILES string of the molecule is CC(C)(c1noc(-c2ccncc2)n1)c1c(Cl)cccc1Cl. The number of hydrogen-bond donors (Lipinski definition) is 0. The van der Waals surface area contributed by atoms with Crippen LogP contribution in [0.25, 0.3) is 11.5 Å². The van der Waals surface area contributed by atoms with Crippen molar-refractivity contribution in [1.82, 2.24) is 15.1 Å². The van der Waals surface area contributed by atoms with E-state index in [4.69, 9.17) is 27.7 Å². The highest BCUT2D eigenvalue weighted by Crippen LogP contribution is 2.39. The third kappa shape index (κ3) is 2.60. The van der Waals surface area contributed by atoms with Crippen molar-refractivity contribution in [2.75, 3.05) is 0 Å². The van der Waals surface area contributed by atoms with E-state index < -0.39 is 5.41 Å². The average molecular weight is 334 g/mol. The summed E-state index contributed by atoms with van der Waals surface area (Å²) in [5.74, 6) is 0.961. The van der Waals surface area contributed by atoms with Gasteiger partial charge in [-0.25, -0.2) is 0 Å². The molecule has 0 saturated carbocycles. The molecule has 4 nitrogen and oxygen atoms in total. The molecule has 0 atom stereocenters. The highest BCUT2D eigenvalue weighted by molar-refractivity contribution is 6.36. The topological polar surface area (TPSA) is 51.8 Å². The van der Waals surface area contributed by atoms with Crippen molar-refractivity contribution in [3.8, 4) is 11.5 Å². The zero-order valence-electron chi connectivity index (χ0n) is 12.0. The largest absolute Gasteiger partial charge is 0.334 e. The first-order valence-corrected chi connectivity index (χ1v) is 7.45. The smallest absolute Gasteiger partial charge is 0.258 e. The molecule has 0 aliphatic carbocycles. The molecule has 0 amide bonds. The van der Waals surface area contributed by atoms with Crippen molar-refractivity contribution in [3.05, 3.63) is 64.2 Å². The molecule has 3 rings (SSSR count). The van der Waals surface area contributed by atoms with Crippen molar-refractivity contribution in [3.63, 3.8) is 0 Å². The third-order valence-electron chi connectivity index (χ3n) is 3.50. The van der Waals surface area contributed by atoms with Gasteiger partial charge in [0, 0.05) is 33.6 Å². The third-order valence-corrected chi connectivity index (χ3v) is 4.13. The van der Waals surface area contributed by atoms with Crippen LogP contribution in [0.5, 0.6) is 0 Å². The van der Waals surface area contributed by atoms with E-state index in [2.05, 4.69) is 15.1 Å². The van der Waals surface area contributed by atoms with Crippen LogP contribution >= 0.6 is 23.2 Å². The molecule has 3 aromatic rings. The minimum atomic E-state index is -0.579. The van der Waals surface area contributed by atoms with Gasteiger partial charge in [0.2, 0.25) is 0 Å². The molecule has 112 valence electrons. The molecule has 0 bridgehead atoms. The quantitative estimate of drug-likeness (QED) is 0.693. The van der Waals surface area contributed by atoms with Crippen molar-refractivity contribution in [2.24, 2.45) is 0 Å². The summed E-state index contributed by atoms with van der Waals surface area (Å²) in [6, 6.07) is 9.03. The summed E-state index contributed by atoms with van der Waals surface area (Å²) in [7, 11) is 0. The monoisotopic (exact) mass is 333 g/mol. The first-order valence-electron chi connectivity index (χ1n) is 6.69. The van der Waals surface area contributed by atoms with Gasteiger partial charge in [-0.3, -0.25) is 4.98 Å². The Hall–Kier alpha value is -1.91. The van der Waals surface area contributed by atoms with Crippen molar-refractivity contribution in [1.29, 1.82) is 0 Å². The molecule has 0 saturated heterocycles. The number of nitrogens with zero attached hydrogens (tertiary/aromatic N) is 3. The van der Waals surface area contributed by atoms with Gasteiger partial charge in [0.25, 0.3) is 5.89 Å².